The summed E-state index contributed by atoms with van der Waals surface area (Å²) in [5.41, 5.74) is 1.94. The van der Waals surface area contributed by atoms with Gasteiger partial charge in [-0.2, -0.15) is 5.26 Å². The lowest BCUT2D eigenvalue weighted by molar-refractivity contribution is -0.147. The summed E-state index contributed by atoms with van der Waals surface area (Å²) in [7, 11) is 0. The van der Waals surface area contributed by atoms with Crippen molar-refractivity contribution in [3.63, 3.8) is 0 Å². The topological polar surface area (TPSA) is 90.2 Å². The van der Waals surface area contributed by atoms with E-state index in [1.54, 1.807) is 6.07 Å². The highest BCUT2D eigenvalue weighted by molar-refractivity contribution is 7.16. The van der Waals surface area contributed by atoms with Crippen LogP contribution in [0.1, 0.15) is 16.9 Å². The Morgan fingerprint density at radius 2 is 1.96 bits per heavy atom. The van der Waals surface area contributed by atoms with E-state index in [1.807, 2.05) is 42.5 Å². The summed E-state index contributed by atoms with van der Waals surface area (Å²) in [6.07, 6.45) is 4.68. The third kappa shape index (κ3) is 3.26. The molecule has 5 nitrogen and oxygen atoms in total. The SMILES string of the molecule is N#Cc1ccc(-c2cccc(CNC(=O)[C@H]3[C@H](C(=O)O)[C@H]4C=C[C@H]3C4)c2)s1. The van der Waals surface area contributed by atoms with Crippen LogP contribution < -0.4 is 5.32 Å². The zero-order valence-corrected chi connectivity index (χ0v) is 15.3. The van der Waals surface area contributed by atoms with Crippen molar-refractivity contribution < 1.29 is 14.7 Å². The van der Waals surface area contributed by atoms with Crippen LogP contribution in [0.2, 0.25) is 0 Å². The van der Waals surface area contributed by atoms with Crippen molar-refractivity contribution in [1.29, 1.82) is 5.26 Å². The molecule has 1 fully saturated rings. The first kappa shape index (κ1) is 17.5. The van der Waals surface area contributed by atoms with Crippen molar-refractivity contribution in [3.05, 3.63) is 59.0 Å². The lowest BCUT2D eigenvalue weighted by Crippen LogP contribution is -2.39. The molecule has 136 valence electrons. The van der Waals surface area contributed by atoms with Gasteiger partial charge in [-0.15, -0.1) is 11.3 Å². The smallest absolute Gasteiger partial charge is 0.307 e. The molecule has 1 saturated carbocycles. The average molecular weight is 378 g/mol. The zero-order chi connectivity index (χ0) is 19.0. The summed E-state index contributed by atoms with van der Waals surface area (Å²) in [5, 5.41) is 21.4. The molecule has 2 aliphatic carbocycles. The fourth-order valence-corrected chi connectivity index (χ4v) is 5.01. The Morgan fingerprint density at radius 3 is 2.67 bits per heavy atom. The number of carbonyl (C=O) groups excluding carboxylic acids is 1. The number of nitriles is 1. The fourth-order valence-electron chi connectivity index (χ4n) is 4.21. The Labute approximate surface area is 161 Å². The number of carboxylic acids is 1. The molecule has 1 amide bonds. The van der Waals surface area contributed by atoms with Gasteiger partial charge in [0.1, 0.15) is 10.9 Å². The Morgan fingerprint density at radius 1 is 1.19 bits per heavy atom. The van der Waals surface area contributed by atoms with Gasteiger partial charge in [-0.25, -0.2) is 0 Å². The molecular weight excluding hydrogens is 360 g/mol. The van der Waals surface area contributed by atoms with Crippen molar-refractivity contribution in [3.8, 4) is 16.5 Å². The standard InChI is InChI=1S/C21H18N2O3S/c22-10-16-6-7-17(27-16)13-3-1-2-12(8-13)11-23-20(24)18-14-4-5-15(9-14)19(18)21(25)26/h1-8,14-15,18-19H,9,11H2,(H,23,24)(H,25,26)/t14-,15-,18+,19+/m0/s1. The molecule has 1 heterocycles. The highest BCUT2D eigenvalue weighted by Gasteiger charge is 2.51. The van der Waals surface area contributed by atoms with Gasteiger partial charge in [-0.3, -0.25) is 9.59 Å². The molecule has 0 radical (unpaired) electrons. The summed E-state index contributed by atoms with van der Waals surface area (Å²) in [6, 6.07) is 13.7. The van der Waals surface area contributed by atoms with Gasteiger partial charge >= 0.3 is 5.97 Å². The van der Waals surface area contributed by atoms with Gasteiger partial charge in [0, 0.05) is 11.4 Å². The van der Waals surface area contributed by atoms with E-state index in [4.69, 9.17) is 5.26 Å². The number of hydrogen-bond acceptors (Lipinski definition) is 4. The van der Waals surface area contributed by atoms with Crippen LogP contribution in [0.15, 0.2) is 48.6 Å². The van der Waals surface area contributed by atoms with E-state index in [2.05, 4.69) is 11.4 Å². The number of benzene rings is 1. The number of allylic oxidation sites excluding steroid dienone is 2. The molecule has 6 heteroatoms. The maximum Gasteiger partial charge on any atom is 0.307 e. The molecule has 4 rings (SSSR count). The number of aliphatic carboxylic acids is 1. The molecule has 2 N–H and O–H groups in total. The van der Waals surface area contributed by atoms with Crippen molar-refractivity contribution in [1.82, 2.24) is 5.32 Å². The first-order valence-electron chi connectivity index (χ1n) is 8.85. The zero-order valence-electron chi connectivity index (χ0n) is 14.5. The number of rotatable bonds is 5. The molecule has 0 saturated heterocycles. The molecule has 2 aliphatic rings. The lowest BCUT2D eigenvalue weighted by atomic mass is 9.82. The fraction of sp³-hybridized carbons (Fsp3) is 0.286. The molecule has 2 bridgehead atoms. The van der Waals surface area contributed by atoms with Crippen molar-refractivity contribution >= 4 is 23.2 Å². The Bertz CT molecular complexity index is 972. The summed E-state index contributed by atoms with van der Waals surface area (Å²) in [5.74, 6) is -2.19. The minimum atomic E-state index is -0.889. The molecule has 0 unspecified atom stereocenters. The minimum absolute atomic E-state index is 0.0259. The molecular formula is C21H18N2O3S. The number of thiophene rings is 1. The van der Waals surface area contributed by atoms with Crippen molar-refractivity contribution in [2.75, 3.05) is 0 Å². The molecule has 0 aliphatic heterocycles. The highest BCUT2D eigenvalue weighted by Crippen LogP contribution is 2.48. The normalized spacial score (nSPS) is 25.3. The first-order chi connectivity index (χ1) is 13.1. The van der Waals surface area contributed by atoms with E-state index in [-0.39, 0.29) is 17.7 Å². The quantitative estimate of drug-likeness (QED) is 0.780. The number of nitrogens with zero attached hydrogens (tertiary/aromatic N) is 1. The van der Waals surface area contributed by atoms with E-state index >= 15 is 0 Å². The molecule has 4 atom stereocenters. The van der Waals surface area contributed by atoms with Crippen LogP contribution in [0.25, 0.3) is 10.4 Å². The molecule has 2 aromatic rings. The number of amides is 1. The molecule has 27 heavy (non-hydrogen) atoms. The number of hydrogen-bond donors (Lipinski definition) is 2. The second kappa shape index (κ2) is 7.01. The van der Waals surface area contributed by atoms with Crippen LogP contribution in [0, 0.1) is 35.0 Å². The van der Waals surface area contributed by atoms with Gasteiger partial charge in [-0.1, -0.05) is 30.4 Å². The number of carboxylic acid groups (broad SMARTS) is 1. The van der Waals surface area contributed by atoms with E-state index in [0.29, 0.717) is 11.4 Å². The largest absolute Gasteiger partial charge is 0.481 e. The predicted octanol–water partition coefficient (Wildman–Crippen LogP) is 3.43. The van der Waals surface area contributed by atoms with Gasteiger partial charge in [0.2, 0.25) is 5.91 Å². The third-order valence-corrected chi connectivity index (χ3v) is 6.48. The second-order valence-electron chi connectivity index (χ2n) is 7.03. The Hall–Kier alpha value is -2.91. The number of carbonyl (C=O) groups is 2. The summed E-state index contributed by atoms with van der Waals surface area (Å²) in [4.78, 5) is 25.9. The monoisotopic (exact) mass is 378 g/mol. The highest BCUT2D eigenvalue weighted by atomic mass is 32.1. The van der Waals surface area contributed by atoms with Gasteiger partial charge in [0.15, 0.2) is 0 Å². The minimum Gasteiger partial charge on any atom is -0.481 e. The van der Waals surface area contributed by atoms with Crippen molar-refractivity contribution in [2.45, 2.75) is 13.0 Å². The maximum atomic E-state index is 12.7. The molecule has 0 spiro atoms. The second-order valence-corrected chi connectivity index (χ2v) is 8.12. The van der Waals surface area contributed by atoms with Crippen molar-refractivity contribution in [2.24, 2.45) is 23.7 Å². The van der Waals surface area contributed by atoms with Gasteiger partial charge in [0.05, 0.1) is 11.8 Å². The summed E-state index contributed by atoms with van der Waals surface area (Å²) < 4.78 is 0. The predicted molar refractivity (Wildman–Crippen MR) is 102 cm³/mol. The summed E-state index contributed by atoms with van der Waals surface area (Å²) >= 11 is 1.43. The van der Waals surface area contributed by atoms with Crippen LogP contribution in [0.5, 0.6) is 0 Å². The first-order valence-corrected chi connectivity index (χ1v) is 9.66. The Kier molecular flexibility index (Phi) is 4.54. The Balaban J connectivity index is 1.45. The van der Waals surface area contributed by atoms with Crippen LogP contribution in [-0.4, -0.2) is 17.0 Å². The van der Waals surface area contributed by atoms with Crippen LogP contribution in [0.4, 0.5) is 0 Å². The number of fused-ring (bicyclic) bond motifs is 2. The summed E-state index contributed by atoms with van der Waals surface area (Å²) in [6.45, 7) is 0.354. The van der Waals surface area contributed by atoms with Crippen LogP contribution in [0.3, 0.4) is 0 Å². The number of nitrogens with one attached hydrogen (secondary N) is 1. The van der Waals surface area contributed by atoms with Gasteiger partial charge in [-0.05, 0) is 47.6 Å². The van der Waals surface area contributed by atoms with Gasteiger partial charge < -0.3 is 10.4 Å². The van der Waals surface area contributed by atoms with E-state index in [9.17, 15) is 14.7 Å². The average Bonchev–Trinajstić information content (AvgIpc) is 3.41. The lowest BCUT2D eigenvalue weighted by Gasteiger charge is -2.23. The van der Waals surface area contributed by atoms with Gasteiger partial charge in [0.25, 0.3) is 0 Å². The van der Waals surface area contributed by atoms with E-state index < -0.39 is 17.8 Å². The van der Waals surface area contributed by atoms with E-state index in [1.165, 1.54) is 11.3 Å². The van der Waals surface area contributed by atoms with E-state index in [0.717, 1.165) is 22.4 Å². The third-order valence-electron chi connectivity index (χ3n) is 5.44. The van der Waals surface area contributed by atoms with Crippen LogP contribution >= 0.6 is 11.3 Å². The molecule has 1 aromatic carbocycles. The van der Waals surface area contributed by atoms with Crippen LogP contribution in [-0.2, 0) is 16.1 Å². The molecule has 1 aromatic heterocycles. The maximum absolute atomic E-state index is 12.7.